The molecule has 0 radical (unpaired) electrons. The van der Waals surface area contributed by atoms with Crippen molar-refractivity contribution in [2.24, 2.45) is 0 Å². The molecule has 3 unspecified atom stereocenters. The summed E-state index contributed by atoms with van der Waals surface area (Å²) in [7, 11) is 0. The van der Waals surface area contributed by atoms with Crippen molar-refractivity contribution < 1.29 is 18.7 Å². The summed E-state index contributed by atoms with van der Waals surface area (Å²) in [5, 5.41) is -0.834. The second-order valence-electron chi connectivity index (χ2n) is 7.99. The molecular formula is C24H31ClN2O4. The van der Waals surface area contributed by atoms with E-state index in [0.29, 0.717) is 18.8 Å². The highest BCUT2D eigenvalue weighted by Crippen LogP contribution is 2.25. The van der Waals surface area contributed by atoms with Crippen molar-refractivity contribution in [2.45, 2.75) is 57.2 Å². The number of carbonyl (C=O) groups excluding carboxylic acids is 2. The molecule has 0 spiro atoms. The van der Waals surface area contributed by atoms with Crippen molar-refractivity contribution >= 4 is 23.4 Å². The average molecular weight is 447 g/mol. The molecule has 0 bridgehead atoms. The number of benzene rings is 1. The number of rotatable bonds is 10. The number of amides is 2. The van der Waals surface area contributed by atoms with Crippen LogP contribution in [-0.4, -0.2) is 53.5 Å². The van der Waals surface area contributed by atoms with Crippen LogP contribution >= 0.6 is 11.6 Å². The van der Waals surface area contributed by atoms with E-state index in [9.17, 15) is 9.59 Å². The van der Waals surface area contributed by atoms with Crippen LogP contribution in [0.3, 0.4) is 0 Å². The Balaban J connectivity index is 1.75. The Morgan fingerprint density at radius 2 is 1.97 bits per heavy atom. The van der Waals surface area contributed by atoms with Gasteiger partial charge in [0.25, 0.3) is 0 Å². The monoisotopic (exact) mass is 446 g/mol. The Morgan fingerprint density at radius 1 is 1.19 bits per heavy atom. The van der Waals surface area contributed by atoms with Crippen molar-refractivity contribution in [1.82, 2.24) is 9.80 Å². The molecule has 1 aliphatic heterocycles. The first kappa shape index (κ1) is 23.4. The Kier molecular flexibility index (Phi) is 8.55. The molecule has 1 aliphatic rings. The maximum absolute atomic E-state index is 13.3. The molecule has 0 saturated carbocycles. The minimum Gasteiger partial charge on any atom is -0.467 e. The van der Waals surface area contributed by atoms with Gasteiger partial charge in [-0.1, -0.05) is 37.3 Å². The zero-order valence-corrected chi connectivity index (χ0v) is 19.0. The molecule has 168 valence electrons. The number of hydrogen-bond acceptors (Lipinski definition) is 4. The molecule has 2 aromatic rings. The van der Waals surface area contributed by atoms with Crippen LogP contribution in [0.5, 0.6) is 0 Å². The fourth-order valence-electron chi connectivity index (χ4n) is 3.71. The highest BCUT2D eigenvalue weighted by atomic mass is 35.5. The second-order valence-corrected chi connectivity index (χ2v) is 8.42. The van der Waals surface area contributed by atoms with Crippen LogP contribution in [0.25, 0.3) is 0 Å². The number of carbonyl (C=O) groups is 2. The third kappa shape index (κ3) is 6.34. The summed E-state index contributed by atoms with van der Waals surface area (Å²) in [6, 6.07) is 12.8. The predicted octanol–water partition coefficient (Wildman–Crippen LogP) is 4.39. The normalized spacial score (nSPS) is 17.8. The third-order valence-corrected chi connectivity index (χ3v) is 6.19. The van der Waals surface area contributed by atoms with Crippen LogP contribution in [-0.2, 0) is 20.9 Å². The molecule has 1 saturated heterocycles. The van der Waals surface area contributed by atoms with Crippen molar-refractivity contribution in [1.29, 1.82) is 0 Å². The lowest BCUT2D eigenvalue weighted by Gasteiger charge is -2.33. The second kappa shape index (κ2) is 11.3. The molecule has 1 fully saturated rings. The quantitative estimate of drug-likeness (QED) is 0.507. The van der Waals surface area contributed by atoms with E-state index in [-0.39, 0.29) is 30.5 Å². The minimum atomic E-state index is -0.834. The lowest BCUT2D eigenvalue weighted by molar-refractivity contribution is -0.143. The van der Waals surface area contributed by atoms with E-state index in [1.54, 1.807) is 22.1 Å². The first-order valence-electron chi connectivity index (χ1n) is 10.9. The third-order valence-electron chi connectivity index (χ3n) is 5.75. The van der Waals surface area contributed by atoms with Gasteiger partial charge in [-0.05, 0) is 43.9 Å². The first-order chi connectivity index (χ1) is 15.0. The fourth-order valence-corrected chi connectivity index (χ4v) is 3.98. The zero-order valence-electron chi connectivity index (χ0n) is 18.2. The number of hydrogen-bond donors (Lipinski definition) is 0. The Morgan fingerprint density at radius 3 is 2.58 bits per heavy atom. The van der Waals surface area contributed by atoms with E-state index < -0.39 is 5.38 Å². The van der Waals surface area contributed by atoms with Gasteiger partial charge in [0.05, 0.1) is 18.9 Å². The van der Waals surface area contributed by atoms with Gasteiger partial charge in [-0.2, -0.15) is 0 Å². The van der Waals surface area contributed by atoms with Crippen LogP contribution in [0.1, 0.15) is 49.8 Å². The Bertz CT molecular complexity index is 821. The molecule has 1 aromatic heterocycles. The zero-order chi connectivity index (χ0) is 22.2. The summed E-state index contributed by atoms with van der Waals surface area (Å²) in [6.07, 6.45) is 4.25. The van der Waals surface area contributed by atoms with Crippen LogP contribution < -0.4 is 0 Å². The number of ether oxygens (including phenoxy) is 1. The molecule has 7 heteroatoms. The predicted molar refractivity (Wildman–Crippen MR) is 120 cm³/mol. The SMILES string of the molecule is CCC(C)N(CC(=O)N(Cc1ccco1)CC1CCCO1)C(=O)C(Cl)c1ccccc1. The maximum Gasteiger partial charge on any atom is 0.245 e. The lowest BCUT2D eigenvalue weighted by Crippen LogP contribution is -2.48. The first-order valence-corrected chi connectivity index (χ1v) is 11.3. The van der Waals surface area contributed by atoms with Crippen molar-refractivity contribution in [3.8, 4) is 0 Å². The molecule has 3 atom stereocenters. The summed E-state index contributed by atoms with van der Waals surface area (Å²) in [5.74, 6) is 0.301. The molecule has 0 aliphatic carbocycles. The summed E-state index contributed by atoms with van der Waals surface area (Å²) >= 11 is 6.52. The molecule has 6 nitrogen and oxygen atoms in total. The van der Waals surface area contributed by atoms with Crippen molar-refractivity contribution in [3.63, 3.8) is 0 Å². The smallest absolute Gasteiger partial charge is 0.245 e. The molecule has 2 amide bonds. The molecule has 1 aromatic carbocycles. The van der Waals surface area contributed by atoms with Crippen LogP contribution in [0.2, 0.25) is 0 Å². The topological polar surface area (TPSA) is 63.0 Å². The number of furan rings is 1. The van der Waals surface area contributed by atoms with E-state index in [4.69, 9.17) is 20.8 Å². The Labute approximate surface area is 189 Å². The van der Waals surface area contributed by atoms with Crippen molar-refractivity contribution in [2.75, 3.05) is 19.7 Å². The average Bonchev–Trinajstić information content (AvgIpc) is 3.50. The van der Waals surface area contributed by atoms with Gasteiger partial charge in [0.2, 0.25) is 11.8 Å². The standard InChI is InChI=1S/C24H31ClN2O4/c1-3-18(2)27(24(29)23(25)19-9-5-4-6-10-19)17-22(28)26(15-20-11-7-13-30-20)16-21-12-8-14-31-21/h4-7,9-11,13,18,21,23H,3,8,12,14-17H2,1-2H3. The summed E-state index contributed by atoms with van der Waals surface area (Å²) in [6.45, 7) is 5.44. The van der Waals surface area contributed by atoms with Gasteiger partial charge in [-0.3, -0.25) is 9.59 Å². The van der Waals surface area contributed by atoms with Crippen LogP contribution in [0, 0.1) is 0 Å². The van der Waals surface area contributed by atoms with Crippen LogP contribution in [0.15, 0.2) is 53.1 Å². The summed E-state index contributed by atoms with van der Waals surface area (Å²) in [5.41, 5.74) is 0.724. The molecule has 3 rings (SSSR count). The van der Waals surface area contributed by atoms with E-state index in [2.05, 4.69) is 0 Å². The van der Waals surface area contributed by atoms with E-state index in [1.165, 1.54) is 0 Å². The highest BCUT2D eigenvalue weighted by Gasteiger charge is 2.31. The van der Waals surface area contributed by atoms with E-state index in [1.807, 2.05) is 50.2 Å². The molecular weight excluding hydrogens is 416 g/mol. The maximum atomic E-state index is 13.3. The van der Waals surface area contributed by atoms with Gasteiger partial charge in [-0.15, -0.1) is 11.6 Å². The van der Waals surface area contributed by atoms with Gasteiger partial charge in [0.15, 0.2) is 0 Å². The highest BCUT2D eigenvalue weighted by molar-refractivity contribution is 6.30. The fraction of sp³-hybridized carbons (Fsp3) is 0.500. The van der Waals surface area contributed by atoms with Gasteiger partial charge in [-0.25, -0.2) is 0 Å². The number of alkyl halides is 1. The van der Waals surface area contributed by atoms with E-state index in [0.717, 1.165) is 31.4 Å². The Hall–Kier alpha value is -2.31. The van der Waals surface area contributed by atoms with Gasteiger partial charge in [0.1, 0.15) is 17.7 Å². The lowest BCUT2D eigenvalue weighted by atomic mass is 10.1. The van der Waals surface area contributed by atoms with E-state index >= 15 is 0 Å². The molecule has 2 heterocycles. The van der Waals surface area contributed by atoms with Gasteiger partial charge >= 0.3 is 0 Å². The summed E-state index contributed by atoms with van der Waals surface area (Å²) in [4.78, 5) is 29.9. The van der Waals surface area contributed by atoms with Crippen molar-refractivity contribution in [3.05, 3.63) is 60.1 Å². The number of halogens is 1. The van der Waals surface area contributed by atoms with Gasteiger partial charge in [0, 0.05) is 19.2 Å². The molecule has 0 N–H and O–H groups in total. The summed E-state index contributed by atoms with van der Waals surface area (Å²) < 4.78 is 11.2. The largest absolute Gasteiger partial charge is 0.467 e. The molecule has 31 heavy (non-hydrogen) atoms. The minimum absolute atomic E-state index is 0.0109. The van der Waals surface area contributed by atoms with Gasteiger partial charge < -0.3 is 19.0 Å². The van der Waals surface area contributed by atoms with Crippen LogP contribution in [0.4, 0.5) is 0 Å². The number of nitrogens with zero attached hydrogens (tertiary/aromatic N) is 2.